The Bertz CT molecular complexity index is 558. The van der Waals surface area contributed by atoms with Crippen LogP contribution >= 0.6 is 24.0 Å². The first-order chi connectivity index (χ1) is 11.8. The Morgan fingerprint density at radius 3 is 2.56 bits per heavy atom. The molecule has 6 nitrogen and oxygen atoms in total. The second kappa shape index (κ2) is 10.2. The molecule has 0 aromatic heterocycles. The zero-order valence-electron chi connectivity index (χ0n) is 14.9. The standard InChI is InChI=1S/C18H28N4O2.HI/c1-23-17-7-3-2-6-15(17)16(21-8-4-5-9-21)14-20-18(19)22-10-12-24-13-11-22;/h2-3,6-7,16H,4-5,8-14H2,1H3,(H2,19,20);1H. The van der Waals surface area contributed by atoms with E-state index in [1.165, 1.54) is 18.4 Å². The molecule has 1 aromatic rings. The molecule has 0 aliphatic carbocycles. The lowest BCUT2D eigenvalue weighted by Crippen LogP contribution is -2.45. The highest BCUT2D eigenvalue weighted by molar-refractivity contribution is 14.0. The van der Waals surface area contributed by atoms with E-state index in [9.17, 15) is 0 Å². The largest absolute Gasteiger partial charge is 0.496 e. The topological polar surface area (TPSA) is 63.3 Å². The van der Waals surface area contributed by atoms with Crippen molar-refractivity contribution in [2.45, 2.75) is 18.9 Å². The highest BCUT2D eigenvalue weighted by atomic mass is 127. The van der Waals surface area contributed by atoms with Crippen LogP contribution < -0.4 is 10.5 Å². The van der Waals surface area contributed by atoms with Crippen molar-refractivity contribution >= 4 is 29.9 Å². The van der Waals surface area contributed by atoms with Gasteiger partial charge in [-0.15, -0.1) is 24.0 Å². The monoisotopic (exact) mass is 460 g/mol. The molecule has 140 valence electrons. The molecule has 0 spiro atoms. The van der Waals surface area contributed by atoms with E-state index in [1.54, 1.807) is 7.11 Å². The molecule has 0 saturated carbocycles. The molecule has 7 heteroatoms. The molecule has 2 heterocycles. The second-order valence-electron chi connectivity index (χ2n) is 6.30. The summed E-state index contributed by atoms with van der Waals surface area (Å²) in [5, 5.41) is 0. The number of methoxy groups -OCH3 is 1. The lowest BCUT2D eigenvalue weighted by atomic mass is 10.0. The molecule has 25 heavy (non-hydrogen) atoms. The minimum Gasteiger partial charge on any atom is -0.496 e. The minimum atomic E-state index is 0. The minimum absolute atomic E-state index is 0. The predicted octanol–water partition coefficient (Wildman–Crippen LogP) is 2.10. The van der Waals surface area contributed by atoms with Gasteiger partial charge >= 0.3 is 0 Å². The summed E-state index contributed by atoms with van der Waals surface area (Å²) < 4.78 is 11.0. The highest BCUT2D eigenvalue weighted by Gasteiger charge is 2.26. The number of ether oxygens (including phenoxy) is 2. The number of aliphatic imine (C=N–C) groups is 1. The number of morpholine rings is 1. The third-order valence-corrected chi connectivity index (χ3v) is 4.84. The third kappa shape index (κ3) is 5.21. The summed E-state index contributed by atoms with van der Waals surface area (Å²) in [6, 6.07) is 8.45. The molecule has 2 N–H and O–H groups in total. The molecular formula is C18H29IN4O2. The Balaban J connectivity index is 0.00000225. The average molecular weight is 460 g/mol. The number of guanidine groups is 1. The van der Waals surface area contributed by atoms with Crippen molar-refractivity contribution in [3.63, 3.8) is 0 Å². The van der Waals surface area contributed by atoms with Gasteiger partial charge in [0.15, 0.2) is 5.96 Å². The molecular weight excluding hydrogens is 431 g/mol. The van der Waals surface area contributed by atoms with Crippen molar-refractivity contribution in [1.82, 2.24) is 9.80 Å². The summed E-state index contributed by atoms with van der Waals surface area (Å²) in [5.74, 6) is 1.55. The zero-order valence-corrected chi connectivity index (χ0v) is 17.2. The summed E-state index contributed by atoms with van der Waals surface area (Å²) in [4.78, 5) is 9.31. The van der Waals surface area contributed by atoms with Crippen molar-refractivity contribution < 1.29 is 9.47 Å². The SMILES string of the molecule is COc1ccccc1C(CN=C(N)N1CCOCC1)N1CCCC1.I. The number of hydrogen-bond acceptors (Lipinski definition) is 4. The number of benzene rings is 1. The van der Waals surface area contributed by atoms with Gasteiger partial charge in [0.05, 0.1) is 32.9 Å². The maximum atomic E-state index is 6.21. The molecule has 2 fully saturated rings. The average Bonchev–Trinajstić information content (AvgIpc) is 3.17. The predicted molar refractivity (Wildman–Crippen MR) is 111 cm³/mol. The van der Waals surface area contributed by atoms with E-state index in [1.807, 2.05) is 12.1 Å². The highest BCUT2D eigenvalue weighted by Crippen LogP contribution is 2.31. The van der Waals surface area contributed by atoms with Gasteiger partial charge in [-0.2, -0.15) is 0 Å². The molecule has 2 aliphatic rings. The first kappa shape index (κ1) is 20.3. The Morgan fingerprint density at radius 2 is 1.88 bits per heavy atom. The zero-order chi connectivity index (χ0) is 16.8. The van der Waals surface area contributed by atoms with E-state index in [-0.39, 0.29) is 30.0 Å². The van der Waals surface area contributed by atoms with E-state index in [0.29, 0.717) is 12.5 Å². The van der Waals surface area contributed by atoms with Crippen molar-refractivity contribution in [3.05, 3.63) is 29.8 Å². The van der Waals surface area contributed by atoms with Gasteiger partial charge in [0, 0.05) is 18.7 Å². The van der Waals surface area contributed by atoms with Crippen molar-refractivity contribution in [1.29, 1.82) is 0 Å². The summed E-state index contributed by atoms with van der Waals surface area (Å²) >= 11 is 0. The lowest BCUT2D eigenvalue weighted by molar-refractivity contribution is 0.0673. The number of likely N-dealkylation sites (tertiary alicyclic amines) is 1. The fourth-order valence-corrected chi connectivity index (χ4v) is 3.48. The number of halogens is 1. The molecule has 0 radical (unpaired) electrons. The molecule has 2 saturated heterocycles. The molecule has 1 unspecified atom stereocenters. The number of nitrogens with zero attached hydrogens (tertiary/aromatic N) is 3. The van der Waals surface area contributed by atoms with Crippen LogP contribution in [0.3, 0.4) is 0 Å². The van der Waals surface area contributed by atoms with Crippen LogP contribution in [-0.4, -0.2) is 68.8 Å². The second-order valence-corrected chi connectivity index (χ2v) is 6.30. The van der Waals surface area contributed by atoms with Gasteiger partial charge in [-0.1, -0.05) is 18.2 Å². The molecule has 2 aliphatic heterocycles. The first-order valence-corrected chi connectivity index (χ1v) is 8.79. The maximum absolute atomic E-state index is 6.21. The normalized spacial score (nSPS) is 20.2. The summed E-state index contributed by atoms with van der Waals surface area (Å²) in [5.41, 5.74) is 7.41. The number of para-hydroxylation sites is 1. The van der Waals surface area contributed by atoms with E-state index >= 15 is 0 Å². The quantitative estimate of drug-likeness (QED) is 0.415. The lowest BCUT2D eigenvalue weighted by Gasteiger charge is -2.30. The van der Waals surface area contributed by atoms with Crippen LogP contribution in [0.4, 0.5) is 0 Å². The molecule has 3 rings (SSSR count). The van der Waals surface area contributed by atoms with Gasteiger partial charge in [0.2, 0.25) is 0 Å². The Hall–Kier alpha value is -1.06. The van der Waals surface area contributed by atoms with Gasteiger partial charge < -0.3 is 20.1 Å². The van der Waals surface area contributed by atoms with Gasteiger partial charge in [-0.25, -0.2) is 0 Å². The van der Waals surface area contributed by atoms with Crippen LogP contribution in [0.5, 0.6) is 5.75 Å². The first-order valence-electron chi connectivity index (χ1n) is 8.79. The van der Waals surface area contributed by atoms with E-state index in [4.69, 9.17) is 20.2 Å². The summed E-state index contributed by atoms with van der Waals surface area (Å²) in [6.07, 6.45) is 2.49. The van der Waals surface area contributed by atoms with Gasteiger partial charge in [-0.05, 0) is 32.0 Å². The summed E-state index contributed by atoms with van der Waals surface area (Å²) in [6.45, 7) is 5.95. The fourth-order valence-electron chi connectivity index (χ4n) is 3.48. The Labute approximate surface area is 167 Å². The van der Waals surface area contributed by atoms with Gasteiger partial charge in [0.25, 0.3) is 0 Å². The molecule has 0 bridgehead atoms. The van der Waals surface area contributed by atoms with Gasteiger partial charge in [-0.3, -0.25) is 9.89 Å². The smallest absolute Gasteiger partial charge is 0.191 e. The van der Waals surface area contributed by atoms with Gasteiger partial charge in [0.1, 0.15) is 5.75 Å². The molecule has 1 atom stereocenters. The third-order valence-electron chi connectivity index (χ3n) is 4.84. The van der Waals surface area contributed by atoms with Crippen LogP contribution in [0, 0.1) is 0 Å². The van der Waals surface area contributed by atoms with Crippen molar-refractivity contribution in [2.24, 2.45) is 10.7 Å². The number of nitrogens with two attached hydrogens (primary N) is 1. The van der Waals surface area contributed by atoms with E-state index in [0.717, 1.165) is 45.1 Å². The van der Waals surface area contributed by atoms with Crippen LogP contribution in [0.2, 0.25) is 0 Å². The number of rotatable bonds is 5. The van der Waals surface area contributed by atoms with E-state index in [2.05, 4.69) is 21.9 Å². The molecule has 0 amide bonds. The Kier molecular flexibility index (Phi) is 8.25. The van der Waals surface area contributed by atoms with Crippen LogP contribution in [-0.2, 0) is 4.74 Å². The van der Waals surface area contributed by atoms with Crippen LogP contribution in [0.25, 0.3) is 0 Å². The maximum Gasteiger partial charge on any atom is 0.191 e. The van der Waals surface area contributed by atoms with E-state index < -0.39 is 0 Å². The molecule has 1 aromatic carbocycles. The van der Waals surface area contributed by atoms with Crippen LogP contribution in [0.1, 0.15) is 24.4 Å². The summed E-state index contributed by atoms with van der Waals surface area (Å²) in [7, 11) is 1.73. The van der Waals surface area contributed by atoms with Crippen LogP contribution in [0.15, 0.2) is 29.3 Å². The van der Waals surface area contributed by atoms with Crippen molar-refractivity contribution in [2.75, 3.05) is 53.0 Å². The fraction of sp³-hybridized carbons (Fsp3) is 0.611. The Morgan fingerprint density at radius 1 is 1.20 bits per heavy atom. The number of hydrogen-bond donors (Lipinski definition) is 1. The van der Waals surface area contributed by atoms with Crippen molar-refractivity contribution in [3.8, 4) is 5.75 Å².